The molecule has 0 fully saturated rings. The predicted octanol–water partition coefficient (Wildman–Crippen LogP) is 2.83. The van der Waals surface area contributed by atoms with Gasteiger partial charge in [0.05, 0.1) is 0 Å². The summed E-state index contributed by atoms with van der Waals surface area (Å²) in [6.07, 6.45) is 7.24. The second-order valence-corrected chi connectivity index (χ2v) is 5.13. The SMILES string of the molecule is C=CCN(CC=C)c1nc(I)nc(N(CC=C)CC=C)n1. The Morgan fingerprint density at radius 3 is 1.33 bits per heavy atom. The molecule has 0 amide bonds. The summed E-state index contributed by atoms with van der Waals surface area (Å²) >= 11 is 2.09. The molecule has 21 heavy (non-hydrogen) atoms. The molecule has 0 aliphatic heterocycles. The highest BCUT2D eigenvalue weighted by atomic mass is 127. The smallest absolute Gasteiger partial charge is 0.231 e. The van der Waals surface area contributed by atoms with Gasteiger partial charge in [0.1, 0.15) is 0 Å². The van der Waals surface area contributed by atoms with E-state index in [0.29, 0.717) is 41.9 Å². The van der Waals surface area contributed by atoms with Crippen LogP contribution in [0, 0.1) is 3.83 Å². The van der Waals surface area contributed by atoms with Crippen LogP contribution in [0.15, 0.2) is 50.6 Å². The van der Waals surface area contributed by atoms with Crippen LogP contribution in [0.25, 0.3) is 0 Å². The van der Waals surface area contributed by atoms with Crippen LogP contribution in [-0.4, -0.2) is 41.1 Å². The van der Waals surface area contributed by atoms with Crippen LogP contribution in [0.2, 0.25) is 0 Å². The number of aromatic nitrogens is 3. The van der Waals surface area contributed by atoms with Gasteiger partial charge in [0.25, 0.3) is 0 Å². The van der Waals surface area contributed by atoms with E-state index in [4.69, 9.17) is 0 Å². The van der Waals surface area contributed by atoms with Gasteiger partial charge in [-0.3, -0.25) is 0 Å². The molecule has 0 saturated carbocycles. The first kappa shape index (κ1) is 17.4. The molecule has 1 aromatic heterocycles. The molecular weight excluding hydrogens is 377 g/mol. The van der Waals surface area contributed by atoms with Gasteiger partial charge in [0.2, 0.25) is 11.9 Å². The van der Waals surface area contributed by atoms with Crippen LogP contribution in [0.4, 0.5) is 11.9 Å². The molecule has 0 aliphatic rings. The molecule has 0 aliphatic carbocycles. The van der Waals surface area contributed by atoms with Crippen molar-refractivity contribution in [1.82, 2.24) is 15.0 Å². The number of hydrogen-bond acceptors (Lipinski definition) is 5. The van der Waals surface area contributed by atoms with Crippen molar-refractivity contribution in [2.45, 2.75) is 0 Å². The normalized spacial score (nSPS) is 9.76. The Kier molecular flexibility index (Phi) is 7.66. The monoisotopic (exact) mass is 397 g/mol. The third-order valence-electron chi connectivity index (χ3n) is 2.55. The standard InChI is InChI=1S/C15H20IN5/c1-5-9-20(10-6-2)14-17-13(16)18-15(19-14)21(11-7-3)12-8-4/h5-8H,1-4,9-12H2. The Morgan fingerprint density at radius 2 is 1.05 bits per heavy atom. The van der Waals surface area contributed by atoms with E-state index in [1.165, 1.54) is 0 Å². The van der Waals surface area contributed by atoms with Crippen LogP contribution in [-0.2, 0) is 0 Å². The predicted molar refractivity (Wildman–Crippen MR) is 97.8 cm³/mol. The topological polar surface area (TPSA) is 45.2 Å². The van der Waals surface area contributed by atoms with Crippen molar-refractivity contribution in [2.75, 3.05) is 36.0 Å². The summed E-state index contributed by atoms with van der Waals surface area (Å²) in [5.41, 5.74) is 0. The maximum atomic E-state index is 4.54. The second kappa shape index (κ2) is 9.28. The maximum absolute atomic E-state index is 4.54. The zero-order valence-electron chi connectivity index (χ0n) is 12.1. The molecule has 1 heterocycles. The lowest BCUT2D eigenvalue weighted by Crippen LogP contribution is -2.30. The number of nitrogens with zero attached hydrogens (tertiary/aromatic N) is 5. The lowest BCUT2D eigenvalue weighted by atomic mass is 10.4. The second-order valence-electron chi connectivity index (χ2n) is 4.17. The number of halogens is 1. The summed E-state index contributed by atoms with van der Waals surface area (Å²) in [4.78, 5) is 17.3. The van der Waals surface area contributed by atoms with E-state index in [9.17, 15) is 0 Å². The molecule has 6 heteroatoms. The molecular formula is C15H20IN5. The number of rotatable bonds is 10. The summed E-state index contributed by atoms with van der Waals surface area (Å²) in [5.74, 6) is 1.23. The van der Waals surface area contributed by atoms with E-state index in [1.54, 1.807) is 0 Å². The first-order valence-electron chi connectivity index (χ1n) is 6.51. The van der Waals surface area contributed by atoms with Gasteiger partial charge in [0.15, 0.2) is 3.83 Å². The Bertz CT molecular complexity index is 453. The summed E-state index contributed by atoms with van der Waals surface area (Å²) in [6, 6.07) is 0. The minimum absolute atomic E-state index is 0.613. The Labute approximate surface area is 139 Å². The fourth-order valence-corrected chi connectivity index (χ4v) is 2.14. The molecule has 0 atom stereocenters. The van der Waals surface area contributed by atoms with Gasteiger partial charge in [0, 0.05) is 48.8 Å². The summed E-state index contributed by atoms with van der Waals surface area (Å²) in [6.45, 7) is 17.6. The van der Waals surface area contributed by atoms with E-state index in [2.05, 4.69) is 63.9 Å². The van der Waals surface area contributed by atoms with Crippen molar-refractivity contribution in [1.29, 1.82) is 0 Å². The first-order valence-corrected chi connectivity index (χ1v) is 7.59. The van der Waals surface area contributed by atoms with Gasteiger partial charge in [-0.2, -0.15) is 15.0 Å². The van der Waals surface area contributed by atoms with Crippen molar-refractivity contribution in [2.24, 2.45) is 0 Å². The lowest BCUT2D eigenvalue weighted by molar-refractivity contribution is 0.820. The molecule has 1 aromatic rings. The van der Waals surface area contributed by atoms with Crippen LogP contribution >= 0.6 is 22.6 Å². The van der Waals surface area contributed by atoms with Gasteiger partial charge in [-0.1, -0.05) is 24.3 Å². The maximum Gasteiger partial charge on any atom is 0.231 e. The van der Waals surface area contributed by atoms with Crippen molar-refractivity contribution in [3.05, 3.63) is 54.5 Å². The van der Waals surface area contributed by atoms with Crippen LogP contribution in [0.3, 0.4) is 0 Å². The van der Waals surface area contributed by atoms with Crippen molar-refractivity contribution >= 4 is 34.5 Å². The van der Waals surface area contributed by atoms with E-state index < -0.39 is 0 Å². The quantitative estimate of drug-likeness (QED) is 0.449. The van der Waals surface area contributed by atoms with Gasteiger partial charge in [-0.25, -0.2) is 0 Å². The van der Waals surface area contributed by atoms with Gasteiger partial charge in [-0.05, 0) is 0 Å². The molecule has 0 spiro atoms. The molecule has 0 aromatic carbocycles. The molecule has 112 valence electrons. The summed E-state index contributed by atoms with van der Waals surface area (Å²) in [7, 11) is 0. The van der Waals surface area contributed by atoms with Crippen LogP contribution in [0.5, 0.6) is 0 Å². The minimum atomic E-state index is 0.613. The highest BCUT2D eigenvalue weighted by molar-refractivity contribution is 14.1. The highest BCUT2D eigenvalue weighted by Gasteiger charge is 2.14. The minimum Gasteiger partial charge on any atom is -0.333 e. The molecule has 0 bridgehead atoms. The molecule has 0 unspecified atom stereocenters. The summed E-state index contributed by atoms with van der Waals surface area (Å²) < 4.78 is 0.642. The van der Waals surface area contributed by atoms with Crippen LogP contribution in [0.1, 0.15) is 0 Å². The average Bonchev–Trinajstić information content (AvgIpc) is 2.46. The molecule has 1 rings (SSSR count). The van der Waals surface area contributed by atoms with E-state index in [1.807, 2.05) is 34.1 Å². The van der Waals surface area contributed by atoms with Gasteiger partial charge in [-0.15, -0.1) is 26.3 Å². The fraction of sp³-hybridized carbons (Fsp3) is 0.267. The van der Waals surface area contributed by atoms with Gasteiger partial charge < -0.3 is 9.80 Å². The van der Waals surface area contributed by atoms with Gasteiger partial charge >= 0.3 is 0 Å². The molecule has 0 radical (unpaired) electrons. The molecule has 5 nitrogen and oxygen atoms in total. The largest absolute Gasteiger partial charge is 0.333 e. The first-order chi connectivity index (χ1) is 10.2. The zero-order valence-corrected chi connectivity index (χ0v) is 14.2. The number of hydrogen-bond donors (Lipinski definition) is 0. The van der Waals surface area contributed by atoms with Crippen molar-refractivity contribution in [3.63, 3.8) is 0 Å². The third kappa shape index (κ3) is 5.30. The highest BCUT2D eigenvalue weighted by Crippen LogP contribution is 2.15. The van der Waals surface area contributed by atoms with Crippen molar-refractivity contribution in [3.8, 4) is 0 Å². The van der Waals surface area contributed by atoms with E-state index >= 15 is 0 Å². The zero-order chi connectivity index (χ0) is 15.7. The third-order valence-corrected chi connectivity index (χ3v) is 3.03. The number of anilines is 2. The Morgan fingerprint density at radius 1 is 0.714 bits per heavy atom. The van der Waals surface area contributed by atoms with E-state index in [-0.39, 0.29) is 0 Å². The summed E-state index contributed by atoms with van der Waals surface area (Å²) in [5, 5.41) is 0. The Hall–Kier alpha value is -1.70. The lowest BCUT2D eigenvalue weighted by Gasteiger charge is -2.23. The fourth-order valence-electron chi connectivity index (χ4n) is 1.71. The molecule has 0 saturated heterocycles. The van der Waals surface area contributed by atoms with Crippen molar-refractivity contribution < 1.29 is 0 Å². The Balaban J connectivity index is 3.16. The molecule has 0 N–H and O–H groups in total. The average molecular weight is 397 g/mol. The van der Waals surface area contributed by atoms with E-state index in [0.717, 1.165) is 0 Å². The van der Waals surface area contributed by atoms with Crippen LogP contribution < -0.4 is 9.80 Å².